The molecule has 1 aromatic rings. The van der Waals surface area contributed by atoms with E-state index in [9.17, 15) is 23.7 Å². The summed E-state index contributed by atoms with van der Waals surface area (Å²) in [4.78, 5) is 20.9. The first-order valence-electron chi connectivity index (χ1n) is 4.42. The van der Waals surface area contributed by atoms with Gasteiger partial charge in [-0.2, -0.15) is 0 Å². The SMILES string of the molecule is CC(=O)c1cc([N+](=O)[O-])cc(C(F)F)c1C. The molecule has 0 aliphatic carbocycles. The van der Waals surface area contributed by atoms with Crippen molar-refractivity contribution in [1.82, 2.24) is 0 Å². The van der Waals surface area contributed by atoms with Crippen LogP contribution in [-0.4, -0.2) is 10.7 Å². The molecule has 0 saturated heterocycles. The van der Waals surface area contributed by atoms with Gasteiger partial charge in [0.25, 0.3) is 12.1 Å². The van der Waals surface area contributed by atoms with Crippen LogP contribution in [0.25, 0.3) is 0 Å². The predicted octanol–water partition coefficient (Wildman–Crippen LogP) is 3.04. The quantitative estimate of drug-likeness (QED) is 0.454. The Labute approximate surface area is 90.0 Å². The zero-order valence-corrected chi connectivity index (χ0v) is 8.66. The van der Waals surface area contributed by atoms with Crippen LogP contribution in [0.2, 0.25) is 0 Å². The summed E-state index contributed by atoms with van der Waals surface area (Å²) in [7, 11) is 0. The molecule has 86 valence electrons. The van der Waals surface area contributed by atoms with Crippen molar-refractivity contribution in [3.8, 4) is 0 Å². The summed E-state index contributed by atoms with van der Waals surface area (Å²) in [5.74, 6) is -0.469. The molecule has 0 atom stereocenters. The van der Waals surface area contributed by atoms with Crippen molar-refractivity contribution in [2.45, 2.75) is 20.3 Å². The first-order chi connectivity index (χ1) is 7.34. The highest BCUT2D eigenvalue weighted by molar-refractivity contribution is 5.96. The number of benzene rings is 1. The number of hydrogen-bond donors (Lipinski definition) is 0. The molecule has 0 aliphatic rings. The van der Waals surface area contributed by atoms with Gasteiger partial charge in [-0.15, -0.1) is 0 Å². The van der Waals surface area contributed by atoms with E-state index >= 15 is 0 Å². The Hall–Kier alpha value is -1.85. The number of alkyl halides is 2. The molecule has 16 heavy (non-hydrogen) atoms. The molecule has 0 heterocycles. The number of halogens is 2. The molecule has 0 aliphatic heterocycles. The normalized spacial score (nSPS) is 10.6. The Morgan fingerprint density at radius 2 is 2.00 bits per heavy atom. The summed E-state index contributed by atoms with van der Waals surface area (Å²) in [6.45, 7) is 2.53. The molecule has 0 fully saturated rings. The zero-order valence-electron chi connectivity index (χ0n) is 8.66. The topological polar surface area (TPSA) is 60.2 Å². The Morgan fingerprint density at radius 1 is 1.44 bits per heavy atom. The molecule has 0 N–H and O–H groups in total. The summed E-state index contributed by atoms with van der Waals surface area (Å²) in [6, 6.07) is 1.82. The number of nitro benzene ring substituents is 1. The number of nitrogens with zero attached hydrogens (tertiary/aromatic N) is 1. The lowest BCUT2D eigenvalue weighted by Gasteiger charge is -2.08. The summed E-state index contributed by atoms with van der Waals surface area (Å²) in [6.07, 6.45) is -2.84. The molecule has 0 radical (unpaired) electrons. The minimum Gasteiger partial charge on any atom is -0.294 e. The van der Waals surface area contributed by atoms with E-state index in [0.29, 0.717) is 0 Å². The zero-order chi connectivity index (χ0) is 12.5. The fourth-order valence-electron chi connectivity index (χ4n) is 1.42. The molecular weight excluding hydrogens is 220 g/mol. The van der Waals surface area contributed by atoms with E-state index in [4.69, 9.17) is 0 Å². The van der Waals surface area contributed by atoms with Crippen molar-refractivity contribution in [3.63, 3.8) is 0 Å². The van der Waals surface area contributed by atoms with E-state index in [1.807, 2.05) is 0 Å². The lowest BCUT2D eigenvalue weighted by Crippen LogP contribution is -2.03. The second-order valence-electron chi connectivity index (χ2n) is 3.32. The van der Waals surface area contributed by atoms with Gasteiger partial charge in [-0.25, -0.2) is 8.78 Å². The molecule has 0 amide bonds. The number of nitro groups is 1. The molecule has 0 unspecified atom stereocenters. The van der Waals surface area contributed by atoms with Gasteiger partial charge in [-0.3, -0.25) is 14.9 Å². The molecule has 0 aromatic heterocycles. The van der Waals surface area contributed by atoms with E-state index < -0.39 is 28.4 Å². The van der Waals surface area contributed by atoms with Crippen LogP contribution in [0.15, 0.2) is 12.1 Å². The lowest BCUT2D eigenvalue weighted by molar-refractivity contribution is -0.385. The van der Waals surface area contributed by atoms with E-state index in [2.05, 4.69) is 0 Å². The molecular formula is C10H9F2NO3. The van der Waals surface area contributed by atoms with Gasteiger partial charge >= 0.3 is 0 Å². The maximum absolute atomic E-state index is 12.6. The number of non-ortho nitro benzene ring substituents is 1. The Balaban J connectivity index is 3.51. The fourth-order valence-corrected chi connectivity index (χ4v) is 1.42. The summed E-state index contributed by atoms with van der Waals surface area (Å²) < 4.78 is 25.2. The minimum absolute atomic E-state index is 0.0375. The van der Waals surface area contributed by atoms with Crippen LogP contribution < -0.4 is 0 Å². The molecule has 0 bridgehead atoms. The molecule has 1 aromatic carbocycles. The molecule has 6 heteroatoms. The highest BCUT2D eigenvalue weighted by Gasteiger charge is 2.21. The average molecular weight is 229 g/mol. The number of carbonyl (C=O) groups excluding carboxylic acids is 1. The maximum Gasteiger partial charge on any atom is 0.270 e. The van der Waals surface area contributed by atoms with Gasteiger partial charge in [0.05, 0.1) is 4.92 Å². The van der Waals surface area contributed by atoms with E-state index in [1.165, 1.54) is 13.8 Å². The number of ketones is 1. The van der Waals surface area contributed by atoms with Crippen molar-refractivity contribution in [3.05, 3.63) is 38.9 Å². The summed E-state index contributed by atoms with van der Waals surface area (Å²) >= 11 is 0. The molecule has 0 spiro atoms. The van der Waals surface area contributed by atoms with E-state index in [1.54, 1.807) is 0 Å². The molecule has 4 nitrogen and oxygen atoms in total. The van der Waals surface area contributed by atoms with Crippen molar-refractivity contribution in [2.24, 2.45) is 0 Å². The summed E-state index contributed by atoms with van der Waals surface area (Å²) in [5, 5.41) is 10.5. The van der Waals surface area contributed by atoms with Crippen LogP contribution in [0, 0.1) is 17.0 Å². The Morgan fingerprint density at radius 3 is 2.38 bits per heavy atom. The van der Waals surface area contributed by atoms with Gasteiger partial charge in [-0.1, -0.05) is 0 Å². The second-order valence-corrected chi connectivity index (χ2v) is 3.32. The van der Waals surface area contributed by atoms with Crippen LogP contribution in [0.3, 0.4) is 0 Å². The third kappa shape index (κ3) is 2.21. The molecule has 1 rings (SSSR count). The lowest BCUT2D eigenvalue weighted by atomic mass is 9.99. The van der Waals surface area contributed by atoms with Crippen molar-refractivity contribution in [1.29, 1.82) is 0 Å². The number of rotatable bonds is 3. The van der Waals surface area contributed by atoms with Crippen LogP contribution in [0.4, 0.5) is 14.5 Å². The van der Waals surface area contributed by atoms with Crippen LogP contribution in [0.5, 0.6) is 0 Å². The smallest absolute Gasteiger partial charge is 0.270 e. The second kappa shape index (κ2) is 4.34. The molecule has 0 saturated carbocycles. The highest BCUT2D eigenvalue weighted by Crippen LogP contribution is 2.29. The third-order valence-corrected chi connectivity index (χ3v) is 2.26. The van der Waals surface area contributed by atoms with Gasteiger partial charge in [0.15, 0.2) is 5.78 Å². The minimum atomic E-state index is -2.84. The van der Waals surface area contributed by atoms with Gasteiger partial charge in [-0.05, 0) is 19.4 Å². The average Bonchev–Trinajstić information content (AvgIpc) is 2.16. The number of Topliss-reactive ketones (excluding diaryl/α,β-unsaturated/α-hetero) is 1. The first-order valence-corrected chi connectivity index (χ1v) is 4.42. The third-order valence-electron chi connectivity index (χ3n) is 2.26. The van der Waals surface area contributed by atoms with E-state index in [-0.39, 0.29) is 11.1 Å². The van der Waals surface area contributed by atoms with Crippen molar-refractivity contribution >= 4 is 11.5 Å². The Kier molecular flexibility index (Phi) is 3.31. The largest absolute Gasteiger partial charge is 0.294 e. The van der Waals surface area contributed by atoms with E-state index in [0.717, 1.165) is 12.1 Å². The van der Waals surface area contributed by atoms with Crippen LogP contribution in [0.1, 0.15) is 34.8 Å². The van der Waals surface area contributed by atoms with Crippen LogP contribution >= 0.6 is 0 Å². The standard InChI is InChI=1S/C10H9F2NO3/c1-5-8(6(2)14)3-7(13(15)16)4-9(5)10(11)12/h3-4,10H,1-2H3. The highest BCUT2D eigenvalue weighted by atomic mass is 19.3. The first kappa shape index (κ1) is 12.2. The summed E-state index contributed by atoms with van der Waals surface area (Å²) in [5.41, 5.74) is -0.914. The number of hydrogen-bond acceptors (Lipinski definition) is 3. The van der Waals surface area contributed by atoms with Gasteiger partial charge in [0.2, 0.25) is 0 Å². The van der Waals surface area contributed by atoms with Crippen LogP contribution in [-0.2, 0) is 0 Å². The van der Waals surface area contributed by atoms with Crippen molar-refractivity contribution < 1.29 is 18.5 Å². The Bertz CT molecular complexity index is 458. The van der Waals surface area contributed by atoms with Crippen molar-refractivity contribution in [2.75, 3.05) is 0 Å². The monoisotopic (exact) mass is 229 g/mol. The van der Waals surface area contributed by atoms with Gasteiger partial charge in [0, 0.05) is 23.3 Å². The fraction of sp³-hybridized carbons (Fsp3) is 0.300. The number of carbonyl (C=O) groups is 1. The predicted molar refractivity (Wildman–Crippen MR) is 52.8 cm³/mol. The maximum atomic E-state index is 12.6. The van der Waals surface area contributed by atoms with Gasteiger partial charge in [0.1, 0.15) is 0 Å². The van der Waals surface area contributed by atoms with Gasteiger partial charge < -0.3 is 0 Å².